The molecule has 0 bridgehead atoms. The smallest absolute Gasteiger partial charge is 0.00160 e. The molecule has 0 spiro atoms. The molecule has 1 aliphatic heterocycles. The molecular weight excluding hydrogens is 106 g/mol. The van der Waals surface area contributed by atoms with Crippen LogP contribution < -0.4 is 0 Å². The Labute approximate surface area is 33.2 Å². The molecule has 24 valence electrons. The Hall–Kier alpha value is 1.21. The first-order valence-electron chi connectivity index (χ1n) is 1.12. The zero-order valence-corrected chi connectivity index (χ0v) is 4.93. The molecule has 0 aromatic rings. The summed E-state index contributed by atoms with van der Waals surface area (Å²) in [4.78, 5) is 0. The minimum Gasteiger partial charge on any atom is -0.113 e. The van der Waals surface area contributed by atoms with Crippen LogP contribution in [-0.2, 0) is 0 Å². The van der Waals surface area contributed by atoms with Gasteiger partial charge in [-0.3, -0.25) is 0 Å². The van der Waals surface area contributed by atoms with Gasteiger partial charge in [0.05, 0.1) is 0 Å². The molecule has 4 heavy (non-hydrogen) atoms. The molecule has 2 atom stereocenters. The SMILES string of the molecule is C1PSP1. The highest BCUT2D eigenvalue weighted by Crippen LogP contribution is 2.60. The fourth-order valence-electron chi connectivity index (χ4n) is 0.0722. The summed E-state index contributed by atoms with van der Waals surface area (Å²) in [6.07, 6.45) is 0. The monoisotopic (exact) mass is 110 g/mol. The van der Waals surface area contributed by atoms with Crippen molar-refractivity contribution in [3.8, 4) is 0 Å². The van der Waals surface area contributed by atoms with Gasteiger partial charge in [-0.05, 0) is 0 Å². The summed E-state index contributed by atoms with van der Waals surface area (Å²) < 4.78 is 0. The van der Waals surface area contributed by atoms with Crippen molar-refractivity contribution in [2.45, 2.75) is 0 Å². The summed E-state index contributed by atoms with van der Waals surface area (Å²) in [6, 6.07) is 0. The Kier molecular flexibility index (Phi) is 1.36. The second kappa shape index (κ2) is 1.60. The Bertz CT molecular complexity index is 14.0. The van der Waals surface area contributed by atoms with Gasteiger partial charge in [0.2, 0.25) is 0 Å². The van der Waals surface area contributed by atoms with E-state index in [9.17, 15) is 0 Å². The molecule has 0 radical (unpaired) electrons. The fourth-order valence-corrected chi connectivity index (χ4v) is 1.95. The number of hydrogen-bond acceptors (Lipinski definition) is 1. The first-order chi connectivity index (χ1) is 2.00. The quantitative estimate of drug-likeness (QED) is 0.429. The van der Waals surface area contributed by atoms with Crippen LogP contribution in [-0.4, -0.2) is 5.90 Å². The lowest BCUT2D eigenvalue weighted by Crippen LogP contribution is -1.54. The van der Waals surface area contributed by atoms with Crippen molar-refractivity contribution in [2.24, 2.45) is 0 Å². The van der Waals surface area contributed by atoms with E-state index in [0.29, 0.717) is 0 Å². The van der Waals surface area contributed by atoms with Crippen molar-refractivity contribution in [3.63, 3.8) is 0 Å². The maximum Gasteiger partial charge on any atom is 0.00160 e. The number of rotatable bonds is 0. The average Bonchev–Trinajstić information content (AvgIpc) is 0.722. The predicted octanol–water partition coefficient (Wildman–Crippen LogP) is 1.88. The molecule has 0 aromatic heterocycles. The van der Waals surface area contributed by atoms with E-state index in [1.54, 1.807) is 0 Å². The lowest BCUT2D eigenvalue weighted by molar-refractivity contribution is 2.28. The van der Waals surface area contributed by atoms with E-state index < -0.39 is 0 Å². The highest BCUT2D eigenvalue weighted by atomic mass is 33.1. The maximum absolute atomic E-state index is 2.09. The molecule has 0 N–H and O–H groups in total. The average molecular weight is 110 g/mol. The second-order valence-electron chi connectivity index (χ2n) is 0.568. The van der Waals surface area contributed by atoms with Crippen LogP contribution in [0, 0.1) is 0 Å². The molecule has 0 aliphatic carbocycles. The van der Waals surface area contributed by atoms with Crippen LogP contribution in [0.1, 0.15) is 0 Å². The predicted molar refractivity (Wildman–Crippen MR) is 29.1 cm³/mol. The van der Waals surface area contributed by atoms with E-state index in [4.69, 9.17) is 0 Å². The third-order valence-electron chi connectivity index (χ3n) is 0.289. The Balaban J connectivity index is 2.00. The summed E-state index contributed by atoms with van der Waals surface area (Å²) in [5, 5.41) is 0. The van der Waals surface area contributed by atoms with Gasteiger partial charge in [-0.15, -0.1) is 11.0 Å². The Morgan fingerprint density at radius 1 is 1.50 bits per heavy atom. The van der Waals surface area contributed by atoms with Crippen molar-refractivity contribution in [1.29, 1.82) is 0 Å². The van der Waals surface area contributed by atoms with Gasteiger partial charge in [0.1, 0.15) is 0 Å². The molecular formula is CH4P2S. The molecule has 0 nitrogen and oxygen atoms in total. The summed E-state index contributed by atoms with van der Waals surface area (Å²) in [7, 11) is 2.50. The van der Waals surface area contributed by atoms with E-state index in [2.05, 4.69) is 11.0 Å². The molecule has 3 heteroatoms. The van der Waals surface area contributed by atoms with Crippen LogP contribution in [0.2, 0.25) is 0 Å². The van der Waals surface area contributed by atoms with Crippen molar-refractivity contribution in [2.75, 3.05) is 5.90 Å². The van der Waals surface area contributed by atoms with Gasteiger partial charge in [-0.1, -0.05) is 15.6 Å². The van der Waals surface area contributed by atoms with Crippen LogP contribution in [0.3, 0.4) is 0 Å². The van der Waals surface area contributed by atoms with Crippen LogP contribution in [0.15, 0.2) is 0 Å². The molecule has 1 saturated heterocycles. The molecule has 1 rings (SSSR count). The highest BCUT2D eigenvalue weighted by Gasteiger charge is 1.95. The van der Waals surface area contributed by atoms with Gasteiger partial charge < -0.3 is 0 Å². The normalized spacial score (nSPS) is 36.0. The fraction of sp³-hybridized carbons (Fsp3) is 1.00. The molecule has 1 heterocycles. The number of hydrogen-bond donors (Lipinski definition) is 0. The third-order valence-corrected chi connectivity index (χ3v) is 7.79. The Morgan fingerprint density at radius 3 is 1.75 bits per heavy atom. The van der Waals surface area contributed by atoms with Gasteiger partial charge in [0, 0.05) is 5.90 Å². The van der Waals surface area contributed by atoms with Crippen LogP contribution in [0.25, 0.3) is 0 Å². The second-order valence-corrected chi connectivity index (χ2v) is 6.94. The minimum absolute atomic E-state index is 1.25. The first-order valence-corrected chi connectivity index (χ1v) is 5.80. The van der Waals surface area contributed by atoms with Crippen molar-refractivity contribution >= 4 is 26.6 Å². The van der Waals surface area contributed by atoms with Crippen molar-refractivity contribution < 1.29 is 0 Å². The van der Waals surface area contributed by atoms with E-state index in [1.165, 1.54) is 21.5 Å². The van der Waals surface area contributed by atoms with Gasteiger partial charge in [0.25, 0.3) is 0 Å². The highest BCUT2D eigenvalue weighted by molar-refractivity contribution is 8.84. The summed E-state index contributed by atoms with van der Waals surface area (Å²) in [6.45, 7) is 0. The van der Waals surface area contributed by atoms with Gasteiger partial charge in [-0.2, -0.15) is 0 Å². The molecule has 0 saturated carbocycles. The van der Waals surface area contributed by atoms with Gasteiger partial charge in [0.15, 0.2) is 0 Å². The minimum atomic E-state index is 1.25. The van der Waals surface area contributed by atoms with Gasteiger partial charge >= 0.3 is 0 Å². The van der Waals surface area contributed by atoms with Crippen molar-refractivity contribution in [1.82, 2.24) is 0 Å². The third kappa shape index (κ3) is 0.578. The lowest BCUT2D eigenvalue weighted by Gasteiger charge is -2.05. The van der Waals surface area contributed by atoms with Crippen molar-refractivity contribution in [3.05, 3.63) is 0 Å². The topological polar surface area (TPSA) is 0 Å². The van der Waals surface area contributed by atoms with E-state index >= 15 is 0 Å². The van der Waals surface area contributed by atoms with E-state index in [1.807, 2.05) is 0 Å². The standard InChI is InChI=1S/CH4P2S/c1-2-4-3-1/h2-3H,1H2. The lowest BCUT2D eigenvalue weighted by atomic mass is 11.9. The van der Waals surface area contributed by atoms with Gasteiger partial charge in [-0.25, -0.2) is 0 Å². The molecule has 1 aliphatic rings. The summed E-state index contributed by atoms with van der Waals surface area (Å²) in [5.74, 6) is 1.52. The Morgan fingerprint density at radius 2 is 1.75 bits per heavy atom. The zero-order valence-electron chi connectivity index (χ0n) is 2.12. The van der Waals surface area contributed by atoms with E-state index in [0.717, 1.165) is 0 Å². The molecule has 0 amide bonds. The van der Waals surface area contributed by atoms with Crippen LogP contribution >= 0.6 is 26.6 Å². The zero-order chi connectivity index (χ0) is 2.83. The van der Waals surface area contributed by atoms with E-state index in [-0.39, 0.29) is 0 Å². The molecule has 2 unspecified atom stereocenters. The molecule has 0 aromatic carbocycles. The largest absolute Gasteiger partial charge is 0.113 e. The molecule has 1 fully saturated rings. The summed E-state index contributed by atoms with van der Waals surface area (Å²) in [5.41, 5.74) is 0. The van der Waals surface area contributed by atoms with Crippen LogP contribution in [0.4, 0.5) is 0 Å². The van der Waals surface area contributed by atoms with Crippen LogP contribution in [0.5, 0.6) is 0 Å². The maximum atomic E-state index is 2.09. The first kappa shape index (κ1) is 3.40. The summed E-state index contributed by atoms with van der Waals surface area (Å²) >= 11 is 2.09.